The first-order chi connectivity index (χ1) is 11.3. The predicted molar refractivity (Wildman–Crippen MR) is 86.8 cm³/mol. The third kappa shape index (κ3) is 3.97. The first-order valence-electron chi connectivity index (χ1n) is 7.30. The topological polar surface area (TPSA) is 85.1 Å². The molecule has 0 atom stereocenters. The van der Waals surface area contributed by atoms with Gasteiger partial charge in [0.15, 0.2) is 5.82 Å². The molecule has 7 nitrogen and oxygen atoms in total. The van der Waals surface area contributed by atoms with Crippen LogP contribution in [0.15, 0.2) is 53.3 Å². The number of nitrogens with zero attached hydrogens (tertiary/aromatic N) is 3. The zero-order valence-electron chi connectivity index (χ0n) is 12.7. The normalized spacial score (nSPS) is 10.3. The van der Waals surface area contributed by atoms with Gasteiger partial charge in [0, 0.05) is 0 Å². The molecule has 0 amide bonds. The van der Waals surface area contributed by atoms with E-state index in [0.29, 0.717) is 24.9 Å². The van der Waals surface area contributed by atoms with Gasteiger partial charge in [-0.25, -0.2) is 0 Å². The van der Waals surface area contributed by atoms with Crippen LogP contribution in [0.1, 0.15) is 12.7 Å². The number of ether oxygens (including phenoxy) is 1. The van der Waals surface area contributed by atoms with E-state index in [1.165, 1.54) is 0 Å². The maximum Gasteiger partial charge on any atom is 0.249 e. The van der Waals surface area contributed by atoms with Crippen LogP contribution in [0.2, 0.25) is 0 Å². The molecule has 2 aromatic heterocycles. The summed E-state index contributed by atoms with van der Waals surface area (Å²) >= 11 is 0. The molecule has 0 spiro atoms. The van der Waals surface area contributed by atoms with Crippen molar-refractivity contribution in [3.05, 3.63) is 54.6 Å². The van der Waals surface area contributed by atoms with Gasteiger partial charge in [-0.1, -0.05) is 12.1 Å². The highest BCUT2D eigenvalue weighted by atomic mass is 16.5. The number of rotatable bonds is 7. The van der Waals surface area contributed by atoms with E-state index in [4.69, 9.17) is 9.15 Å². The lowest BCUT2D eigenvalue weighted by molar-refractivity contribution is 0.342. The highest BCUT2D eigenvalue weighted by Crippen LogP contribution is 2.26. The summed E-state index contributed by atoms with van der Waals surface area (Å²) in [4.78, 5) is 4.38. The first-order valence-corrected chi connectivity index (χ1v) is 7.30. The Labute approximate surface area is 133 Å². The Hall–Kier alpha value is -3.09. The molecule has 1 aromatic carbocycles. The molecule has 0 saturated carbocycles. The van der Waals surface area contributed by atoms with E-state index in [1.807, 2.05) is 43.3 Å². The minimum absolute atomic E-state index is 0.390. The maximum absolute atomic E-state index is 5.57. The molecule has 7 heteroatoms. The molecule has 23 heavy (non-hydrogen) atoms. The highest BCUT2D eigenvalue weighted by molar-refractivity contribution is 5.62. The van der Waals surface area contributed by atoms with Crippen LogP contribution in [-0.2, 0) is 6.54 Å². The lowest BCUT2D eigenvalue weighted by atomic mass is 10.3. The standard InChI is InChI=1S/C16H17N5O2/c1-2-22-14-8-4-3-7-13(14)19-16-20-15(11-18-21-16)17-10-12-6-5-9-23-12/h3-9,11H,2,10H2,1H3,(H2,17,19,20,21). The molecule has 0 fully saturated rings. The molecule has 0 aliphatic carbocycles. The Morgan fingerprint density at radius 1 is 1.17 bits per heavy atom. The Balaban J connectivity index is 1.70. The molecular weight excluding hydrogens is 294 g/mol. The van der Waals surface area contributed by atoms with Crippen LogP contribution in [0.3, 0.4) is 0 Å². The number of nitrogens with one attached hydrogen (secondary N) is 2. The lowest BCUT2D eigenvalue weighted by Gasteiger charge is -2.11. The summed E-state index contributed by atoms with van der Waals surface area (Å²) in [6.45, 7) is 3.05. The Morgan fingerprint density at radius 2 is 2.09 bits per heavy atom. The summed E-state index contributed by atoms with van der Waals surface area (Å²) < 4.78 is 10.8. The Morgan fingerprint density at radius 3 is 2.91 bits per heavy atom. The van der Waals surface area contributed by atoms with Gasteiger partial charge in [-0.15, -0.1) is 5.10 Å². The van der Waals surface area contributed by atoms with Crippen LogP contribution in [-0.4, -0.2) is 21.8 Å². The van der Waals surface area contributed by atoms with E-state index in [2.05, 4.69) is 25.8 Å². The average Bonchev–Trinajstić information content (AvgIpc) is 3.09. The number of aromatic nitrogens is 3. The van der Waals surface area contributed by atoms with Gasteiger partial charge in [0.05, 0.1) is 31.3 Å². The number of benzene rings is 1. The minimum atomic E-state index is 0.390. The van der Waals surface area contributed by atoms with Gasteiger partial charge in [0.1, 0.15) is 11.5 Å². The fourth-order valence-electron chi connectivity index (χ4n) is 2.00. The Kier molecular flexibility index (Phi) is 4.68. The maximum atomic E-state index is 5.57. The second-order valence-corrected chi connectivity index (χ2v) is 4.65. The van der Waals surface area contributed by atoms with Gasteiger partial charge in [-0.2, -0.15) is 10.1 Å². The van der Waals surface area contributed by atoms with E-state index in [0.717, 1.165) is 17.2 Å². The van der Waals surface area contributed by atoms with Crippen LogP contribution >= 0.6 is 0 Å². The summed E-state index contributed by atoms with van der Waals surface area (Å²) in [5, 5.41) is 14.2. The fourth-order valence-corrected chi connectivity index (χ4v) is 2.00. The van der Waals surface area contributed by atoms with Crippen LogP contribution in [0, 0.1) is 0 Å². The van der Waals surface area contributed by atoms with Crippen molar-refractivity contribution >= 4 is 17.5 Å². The van der Waals surface area contributed by atoms with Gasteiger partial charge in [0.25, 0.3) is 0 Å². The predicted octanol–water partition coefficient (Wildman–Crippen LogP) is 3.22. The molecule has 0 radical (unpaired) electrons. The van der Waals surface area contributed by atoms with Crippen molar-refractivity contribution in [1.29, 1.82) is 0 Å². The van der Waals surface area contributed by atoms with Crippen LogP contribution < -0.4 is 15.4 Å². The quantitative estimate of drug-likeness (QED) is 0.693. The molecule has 0 aliphatic heterocycles. The third-order valence-electron chi connectivity index (χ3n) is 3.02. The molecular formula is C16H17N5O2. The monoisotopic (exact) mass is 311 g/mol. The van der Waals surface area contributed by atoms with Crippen LogP contribution in [0.25, 0.3) is 0 Å². The summed E-state index contributed by atoms with van der Waals surface area (Å²) in [7, 11) is 0. The fraction of sp³-hybridized carbons (Fsp3) is 0.188. The van der Waals surface area contributed by atoms with Crippen LogP contribution in [0.5, 0.6) is 5.75 Å². The molecule has 0 saturated heterocycles. The van der Waals surface area contributed by atoms with Crippen molar-refractivity contribution in [1.82, 2.24) is 15.2 Å². The zero-order chi connectivity index (χ0) is 15.9. The van der Waals surface area contributed by atoms with Crippen molar-refractivity contribution in [2.45, 2.75) is 13.5 Å². The lowest BCUT2D eigenvalue weighted by Crippen LogP contribution is -2.06. The molecule has 0 unspecified atom stereocenters. The molecule has 3 rings (SSSR count). The Bertz CT molecular complexity index is 746. The molecule has 3 aromatic rings. The third-order valence-corrected chi connectivity index (χ3v) is 3.02. The number of furan rings is 1. The number of hydrogen-bond acceptors (Lipinski definition) is 7. The minimum Gasteiger partial charge on any atom is -0.492 e. The molecule has 2 N–H and O–H groups in total. The summed E-state index contributed by atoms with van der Waals surface area (Å²) in [5.41, 5.74) is 0.791. The first kappa shape index (κ1) is 14.8. The van der Waals surface area contributed by atoms with Gasteiger partial charge in [0.2, 0.25) is 5.95 Å². The number of anilines is 3. The van der Waals surface area contributed by atoms with Gasteiger partial charge < -0.3 is 19.8 Å². The summed E-state index contributed by atoms with van der Waals surface area (Å²) in [5.74, 6) is 2.56. The van der Waals surface area contributed by atoms with Crippen molar-refractivity contribution in [2.24, 2.45) is 0 Å². The largest absolute Gasteiger partial charge is 0.492 e. The van der Waals surface area contributed by atoms with E-state index >= 15 is 0 Å². The SMILES string of the molecule is CCOc1ccccc1Nc1nncc(NCc2ccco2)n1. The van der Waals surface area contributed by atoms with E-state index in [-0.39, 0.29) is 0 Å². The van der Waals surface area contributed by atoms with Crippen molar-refractivity contribution in [3.8, 4) is 5.75 Å². The van der Waals surface area contributed by atoms with E-state index < -0.39 is 0 Å². The van der Waals surface area contributed by atoms with E-state index in [9.17, 15) is 0 Å². The van der Waals surface area contributed by atoms with E-state index in [1.54, 1.807) is 12.5 Å². The zero-order valence-corrected chi connectivity index (χ0v) is 12.7. The second kappa shape index (κ2) is 7.26. The molecule has 118 valence electrons. The summed E-state index contributed by atoms with van der Waals surface area (Å²) in [6.07, 6.45) is 3.19. The molecule has 2 heterocycles. The van der Waals surface area contributed by atoms with Gasteiger partial charge in [-0.05, 0) is 31.2 Å². The van der Waals surface area contributed by atoms with Crippen molar-refractivity contribution < 1.29 is 9.15 Å². The van der Waals surface area contributed by atoms with Crippen LogP contribution in [0.4, 0.5) is 17.5 Å². The molecule has 0 aliphatic rings. The smallest absolute Gasteiger partial charge is 0.249 e. The van der Waals surface area contributed by atoms with Gasteiger partial charge >= 0.3 is 0 Å². The summed E-state index contributed by atoms with van der Waals surface area (Å²) in [6, 6.07) is 11.3. The number of para-hydroxylation sites is 2. The molecule has 0 bridgehead atoms. The average molecular weight is 311 g/mol. The second-order valence-electron chi connectivity index (χ2n) is 4.65. The van der Waals surface area contributed by atoms with Crippen molar-refractivity contribution in [2.75, 3.05) is 17.2 Å². The van der Waals surface area contributed by atoms with Crippen molar-refractivity contribution in [3.63, 3.8) is 0 Å². The number of hydrogen-bond donors (Lipinski definition) is 2. The van der Waals surface area contributed by atoms with Gasteiger partial charge in [-0.3, -0.25) is 0 Å². The highest BCUT2D eigenvalue weighted by Gasteiger charge is 2.06.